The van der Waals surface area contributed by atoms with E-state index in [9.17, 15) is 9.50 Å². The summed E-state index contributed by atoms with van der Waals surface area (Å²) in [4.78, 5) is 8.61. The number of benzene rings is 1. The Bertz CT molecular complexity index is 1110. The SMILES string of the molecule is CC(C)(O)Cn1cc(-c2ncnc3oc(I)cc23)c(-c2ccc(F)cc2)n1. The number of halogens is 2. The molecule has 0 spiro atoms. The average Bonchev–Trinajstić information content (AvgIpc) is 3.16. The molecule has 6 nitrogen and oxygen atoms in total. The van der Waals surface area contributed by atoms with Gasteiger partial charge in [0.15, 0.2) is 3.77 Å². The fourth-order valence-electron chi connectivity index (χ4n) is 2.93. The first-order chi connectivity index (χ1) is 12.8. The van der Waals surface area contributed by atoms with Gasteiger partial charge in [0.25, 0.3) is 0 Å². The molecule has 3 aromatic heterocycles. The summed E-state index contributed by atoms with van der Waals surface area (Å²) in [6.45, 7) is 3.73. The maximum absolute atomic E-state index is 13.4. The summed E-state index contributed by atoms with van der Waals surface area (Å²) in [7, 11) is 0. The maximum atomic E-state index is 13.4. The van der Waals surface area contributed by atoms with E-state index in [2.05, 4.69) is 37.7 Å². The largest absolute Gasteiger partial charge is 0.432 e. The van der Waals surface area contributed by atoms with E-state index in [0.29, 0.717) is 27.4 Å². The summed E-state index contributed by atoms with van der Waals surface area (Å²) in [6.07, 6.45) is 3.28. The third kappa shape index (κ3) is 3.72. The third-order valence-electron chi connectivity index (χ3n) is 3.98. The van der Waals surface area contributed by atoms with Gasteiger partial charge in [0.05, 0.1) is 23.2 Å². The summed E-state index contributed by atoms with van der Waals surface area (Å²) in [5.41, 5.74) is 2.39. The van der Waals surface area contributed by atoms with Crippen molar-refractivity contribution in [2.24, 2.45) is 0 Å². The van der Waals surface area contributed by atoms with Crippen molar-refractivity contribution < 1.29 is 13.9 Å². The van der Waals surface area contributed by atoms with Crippen LogP contribution in [0.15, 0.2) is 47.3 Å². The second-order valence-corrected chi connectivity index (χ2v) is 7.96. The Hall–Kier alpha value is -2.33. The van der Waals surface area contributed by atoms with Gasteiger partial charge in [-0.2, -0.15) is 5.10 Å². The van der Waals surface area contributed by atoms with E-state index in [0.717, 1.165) is 16.5 Å². The Labute approximate surface area is 168 Å². The number of hydrogen-bond acceptors (Lipinski definition) is 5. The number of aliphatic hydroxyl groups is 1. The molecule has 0 aliphatic rings. The van der Waals surface area contributed by atoms with E-state index in [1.165, 1.54) is 18.5 Å². The molecule has 1 N–H and O–H groups in total. The van der Waals surface area contributed by atoms with Crippen LogP contribution in [0.3, 0.4) is 0 Å². The molecule has 27 heavy (non-hydrogen) atoms. The van der Waals surface area contributed by atoms with Crippen molar-refractivity contribution in [2.45, 2.75) is 26.0 Å². The predicted octanol–water partition coefficient (Wildman–Crippen LogP) is 4.27. The summed E-state index contributed by atoms with van der Waals surface area (Å²) in [6, 6.07) is 8.00. The zero-order chi connectivity index (χ0) is 19.2. The van der Waals surface area contributed by atoms with E-state index in [1.54, 1.807) is 30.7 Å². The van der Waals surface area contributed by atoms with Crippen LogP contribution in [0.25, 0.3) is 33.6 Å². The van der Waals surface area contributed by atoms with Crippen LogP contribution >= 0.6 is 22.6 Å². The molecule has 4 aromatic rings. The van der Waals surface area contributed by atoms with E-state index in [1.807, 2.05) is 12.3 Å². The fourth-order valence-corrected chi connectivity index (χ4v) is 3.45. The summed E-state index contributed by atoms with van der Waals surface area (Å²) in [5.74, 6) is -0.315. The van der Waals surface area contributed by atoms with Gasteiger partial charge in [0.2, 0.25) is 5.71 Å². The van der Waals surface area contributed by atoms with Crippen molar-refractivity contribution in [1.82, 2.24) is 19.7 Å². The van der Waals surface area contributed by atoms with Crippen LogP contribution in [0.5, 0.6) is 0 Å². The monoisotopic (exact) mass is 478 g/mol. The van der Waals surface area contributed by atoms with Gasteiger partial charge in [-0.25, -0.2) is 14.4 Å². The minimum absolute atomic E-state index is 0.304. The normalized spacial score (nSPS) is 12.0. The molecule has 0 saturated carbocycles. The zero-order valence-electron chi connectivity index (χ0n) is 14.6. The number of nitrogens with zero attached hydrogens (tertiary/aromatic N) is 4. The maximum Gasteiger partial charge on any atom is 0.231 e. The van der Waals surface area contributed by atoms with Crippen molar-refractivity contribution in [2.75, 3.05) is 0 Å². The number of aromatic nitrogens is 4. The molecule has 0 unspecified atom stereocenters. The van der Waals surface area contributed by atoms with Crippen LogP contribution in [-0.2, 0) is 6.54 Å². The number of furan rings is 1. The molecule has 4 rings (SSSR count). The molecular formula is C19H16FIN4O2. The molecule has 0 bridgehead atoms. The molecule has 3 heterocycles. The topological polar surface area (TPSA) is 77.0 Å². The quantitative estimate of drug-likeness (QED) is 0.444. The van der Waals surface area contributed by atoms with E-state index >= 15 is 0 Å². The summed E-state index contributed by atoms with van der Waals surface area (Å²) >= 11 is 2.09. The molecule has 0 amide bonds. The van der Waals surface area contributed by atoms with Crippen molar-refractivity contribution in [1.29, 1.82) is 0 Å². The molecule has 1 aromatic carbocycles. The van der Waals surface area contributed by atoms with Crippen LogP contribution in [-0.4, -0.2) is 30.5 Å². The lowest BCUT2D eigenvalue weighted by atomic mass is 10.0. The van der Waals surface area contributed by atoms with Crippen molar-refractivity contribution in [3.63, 3.8) is 0 Å². The predicted molar refractivity (Wildman–Crippen MR) is 107 cm³/mol. The van der Waals surface area contributed by atoms with Gasteiger partial charge < -0.3 is 9.52 Å². The minimum atomic E-state index is -0.935. The second-order valence-electron chi connectivity index (χ2n) is 6.90. The Morgan fingerprint density at radius 1 is 1.19 bits per heavy atom. The van der Waals surface area contributed by atoms with Gasteiger partial charge in [0.1, 0.15) is 17.8 Å². The van der Waals surface area contributed by atoms with Gasteiger partial charge in [-0.05, 0) is 60.7 Å². The highest BCUT2D eigenvalue weighted by Crippen LogP contribution is 2.35. The standard InChI is InChI=1S/C19H16FIN4O2/c1-19(2,26)9-25-8-14(16(24-25)11-3-5-12(20)6-4-11)17-13-7-15(21)27-18(13)23-10-22-17/h3-8,10,26H,9H2,1-2H3. The van der Waals surface area contributed by atoms with E-state index in [4.69, 9.17) is 4.42 Å². The van der Waals surface area contributed by atoms with Crippen molar-refractivity contribution in [3.05, 3.63) is 52.4 Å². The van der Waals surface area contributed by atoms with Gasteiger partial charge in [0, 0.05) is 23.4 Å². The molecule has 0 fully saturated rings. The highest BCUT2D eigenvalue weighted by Gasteiger charge is 2.21. The zero-order valence-corrected chi connectivity index (χ0v) is 16.8. The Kier molecular flexibility index (Phi) is 4.47. The Balaban J connectivity index is 1.93. The molecule has 138 valence electrons. The molecule has 0 aliphatic heterocycles. The molecule has 8 heteroatoms. The number of hydrogen-bond donors (Lipinski definition) is 1. The Morgan fingerprint density at radius 2 is 1.93 bits per heavy atom. The first-order valence-electron chi connectivity index (χ1n) is 8.26. The molecule has 0 aliphatic carbocycles. The third-order valence-corrected chi connectivity index (χ3v) is 4.51. The van der Waals surface area contributed by atoms with Crippen LogP contribution in [0, 0.1) is 9.58 Å². The van der Waals surface area contributed by atoms with Crippen LogP contribution in [0.4, 0.5) is 4.39 Å². The highest BCUT2D eigenvalue weighted by atomic mass is 127. The minimum Gasteiger partial charge on any atom is -0.432 e. The van der Waals surface area contributed by atoms with Gasteiger partial charge >= 0.3 is 0 Å². The first-order valence-corrected chi connectivity index (χ1v) is 9.34. The lowest BCUT2D eigenvalue weighted by Crippen LogP contribution is -2.26. The van der Waals surface area contributed by atoms with Crippen LogP contribution in [0.1, 0.15) is 13.8 Å². The molecule has 0 radical (unpaired) electrons. The van der Waals surface area contributed by atoms with Crippen LogP contribution in [0.2, 0.25) is 0 Å². The van der Waals surface area contributed by atoms with E-state index < -0.39 is 5.60 Å². The number of fused-ring (bicyclic) bond motifs is 1. The highest BCUT2D eigenvalue weighted by molar-refractivity contribution is 14.1. The van der Waals surface area contributed by atoms with Crippen molar-refractivity contribution >= 4 is 33.7 Å². The van der Waals surface area contributed by atoms with Crippen molar-refractivity contribution in [3.8, 4) is 22.5 Å². The lowest BCUT2D eigenvalue weighted by molar-refractivity contribution is 0.0578. The summed E-state index contributed by atoms with van der Waals surface area (Å²) in [5, 5.41) is 15.6. The van der Waals surface area contributed by atoms with Crippen LogP contribution < -0.4 is 0 Å². The van der Waals surface area contributed by atoms with Gasteiger partial charge in [-0.1, -0.05) is 0 Å². The molecule has 0 saturated heterocycles. The average molecular weight is 478 g/mol. The second kappa shape index (κ2) is 6.68. The molecular weight excluding hydrogens is 462 g/mol. The fraction of sp³-hybridized carbons (Fsp3) is 0.211. The summed E-state index contributed by atoms with van der Waals surface area (Å²) < 4.78 is 21.3. The van der Waals surface area contributed by atoms with E-state index in [-0.39, 0.29) is 5.82 Å². The van der Waals surface area contributed by atoms with Gasteiger partial charge in [-0.3, -0.25) is 4.68 Å². The first kappa shape index (κ1) is 18.1. The molecule has 0 atom stereocenters. The smallest absolute Gasteiger partial charge is 0.231 e. The Morgan fingerprint density at radius 3 is 2.63 bits per heavy atom. The lowest BCUT2D eigenvalue weighted by Gasteiger charge is -2.16. The number of rotatable bonds is 4. The van der Waals surface area contributed by atoms with Gasteiger partial charge in [-0.15, -0.1) is 0 Å².